The largest absolute Gasteiger partial charge is 0.496 e. The van der Waals surface area contributed by atoms with Crippen LogP contribution < -0.4 is 4.74 Å². The van der Waals surface area contributed by atoms with Crippen LogP contribution in [0.5, 0.6) is 5.75 Å². The minimum absolute atomic E-state index is 0.243. The molecule has 5 heteroatoms. The van der Waals surface area contributed by atoms with Crippen molar-refractivity contribution < 1.29 is 25.2 Å². The summed E-state index contributed by atoms with van der Waals surface area (Å²) in [6.07, 6.45) is -1.43. The maximum absolute atomic E-state index is 10.6. The Morgan fingerprint density at radius 2 is 1.54 bits per heavy atom. The van der Waals surface area contributed by atoms with Gasteiger partial charge in [0.25, 0.3) is 0 Å². The third kappa shape index (κ3) is 4.23. The topological polar surface area (TPSA) is 90.2 Å². The molecule has 0 bridgehead atoms. The third-order valence-corrected chi connectivity index (χ3v) is 5.92. The molecule has 0 aliphatic heterocycles. The van der Waals surface area contributed by atoms with Gasteiger partial charge in [-0.2, -0.15) is 0 Å². The molecule has 0 amide bonds. The highest BCUT2D eigenvalue weighted by Gasteiger charge is 2.43. The Labute approximate surface area is 166 Å². The summed E-state index contributed by atoms with van der Waals surface area (Å²) in [4.78, 5) is 0. The van der Waals surface area contributed by atoms with Crippen LogP contribution in [0.2, 0.25) is 0 Å². The van der Waals surface area contributed by atoms with Crippen LogP contribution in [0, 0.1) is 5.92 Å². The summed E-state index contributed by atoms with van der Waals surface area (Å²) in [6, 6.07) is 14.4. The van der Waals surface area contributed by atoms with Crippen LogP contribution >= 0.6 is 0 Å². The summed E-state index contributed by atoms with van der Waals surface area (Å²) in [6.45, 7) is 1.89. The molecule has 4 N–H and O–H groups in total. The zero-order valence-electron chi connectivity index (χ0n) is 16.5. The number of methoxy groups -OCH3 is 1. The standard InChI is InChI=1S/C23H30O5/c1-3-14-4-6-15(7-5-14)10-16-8-9-20(28-2)18(11-16)19-12-17(13-24)21(25)23(27)22(19)26/h4-9,11,17,19,21-27H,3,10,12-13H2,1-2H3/t17-,19+,21-,22+,23+/m1/s1. The van der Waals surface area contributed by atoms with Gasteiger partial charge in [-0.1, -0.05) is 43.3 Å². The fourth-order valence-corrected chi connectivity index (χ4v) is 4.13. The molecule has 0 aromatic heterocycles. The van der Waals surface area contributed by atoms with Gasteiger partial charge in [-0.25, -0.2) is 0 Å². The molecule has 0 unspecified atom stereocenters. The Balaban J connectivity index is 1.89. The van der Waals surface area contributed by atoms with Crippen molar-refractivity contribution in [2.45, 2.75) is 50.4 Å². The Bertz CT molecular complexity index is 771. The fourth-order valence-electron chi connectivity index (χ4n) is 4.13. The van der Waals surface area contributed by atoms with E-state index in [-0.39, 0.29) is 6.61 Å². The Kier molecular flexibility index (Phi) is 6.73. The van der Waals surface area contributed by atoms with Gasteiger partial charge in [0.15, 0.2) is 0 Å². The lowest BCUT2D eigenvalue weighted by atomic mass is 9.72. The van der Waals surface area contributed by atoms with Crippen LogP contribution in [-0.4, -0.2) is 52.5 Å². The second kappa shape index (κ2) is 9.05. The summed E-state index contributed by atoms with van der Waals surface area (Å²) < 4.78 is 5.50. The summed E-state index contributed by atoms with van der Waals surface area (Å²) >= 11 is 0. The van der Waals surface area contributed by atoms with E-state index >= 15 is 0 Å². The minimum Gasteiger partial charge on any atom is -0.496 e. The number of ether oxygens (including phenoxy) is 1. The molecule has 0 saturated heterocycles. The first-order valence-corrected chi connectivity index (χ1v) is 9.88. The van der Waals surface area contributed by atoms with Crippen molar-refractivity contribution in [1.29, 1.82) is 0 Å². The molecule has 1 aliphatic rings. The van der Waals surface area contributed by atoms with E-state index in [2.05, 4.69) is 31.2 Å². The highest BCUT2D eigenvalue weighted by molar-refractivity contribution is 5.42. The van der Waals surface area contributed by atoms with Crippen molar-refractivity contribution in [3.8, 4) is 5.75 Å². The van der Waals surface area contributed by atoms with Gasteiger partial charge in [0.2, 0.25) is 0 Å². The number of rotatable bonds is 6. The van der Waals surface area contributed by atoms with Gasteiger partial charge in [0, 0.05) is 24.0 Å². The highest BCUT2D eigenvalue weighted by Crippen LogP contribution is 2.41. The Morgan fingerprint density at radius 1 is 0.893 bits per heavy atom. The second-order valence-electron chi connectivity index (χ2n) is 7.68. The van der Waals surface area contributed by atoms with Crippen LogP contribution in [0.3, 0.4) is 0 Å². The van der Waals surface area contributed by atoms with Gasteiger partial charge in [0.1, 0.15) is 11.9 Å². The van der Waals surface area contributed by atoms with Gasteiger partial charge < -0.3 is 25.2 Å². The van der Waals surface area contributed by atoms with Crippen molar-refractivity contribution >= 4 is 0 Å². The predicted molar refractivity (Wildman–Crippen MR) is 108 cm³/mol. The maximum atomic E-state index is 10.6. The van der Waals surface area contributed by atoms with E-state index in [0.717, 1.165) is 24.0 Å². The van der Waals surface area contributed by atoms with E-state index in [1.54, 1.807) is 7.11 Å². The number of aryl methyl sites for hydroxylation is 1. The fraction of sp³-hybridized carbons (Fsp3) is 0.478. The molecule has 152 valence electrons. The maximum Gasteiger partial charge on any atom is 0.122 e. The van der Waals surface area contributed by atoms with Crippen LogP contribution in [0.25, 0.3) is 0 Å². The minimum atomic E-state index is -1.30. The van der Waals surface area contributed by atoms with Gasteiger partial charge >= 0.3 is 0 Å². The average Bonchev–Trinajstić information content (AvgIpc) is 2.73. The van der Waals surface area contributed by atoms with Crippen molar-refractivity contribution in [3.05, 3.63) is 64.7 Å². The van der Waals surface area contributed by atoms with E-state index < -0.39 is 30.1 Å². The Morgan fingerprint density at radius 3 is 2.14 bits per heavy atom. The monoisotopic (exact) mass is 386 g/mol. The number of benzene rings is 2. The number of aliphatic hydroxyl groups excluding tert-OH is 4. The molecule has 1 fully saturated rings. The van der Waals surface area contributed by atoms with Crippen LogP contribution in [-0.2, 0) is 12.8 Å². The molecule has 0 heterocycles. The van der Waals surface area contributed by atoms with E-state index in [9.17, 15) is 20.4 Å². The molecule has 1 aliphatic carbocycles. The number of aliphatic hydroxyl groups is 4. The van der Waals surface area contributed by atoms with Crippen molar-refractivity contribution in [2.24, 2.45) is 5.92 Å². The van der Waals surface area contributed by atoms with Gasteiger partial charge in [-0.3, -0.25) is 0 Å². The van der Waals surface area contributed by atoms with E-state index in [4.69, 9.17) is 4.74 Å². The van der Waals surface area contributed by atoms with Gasteiger partial charge in [0.05, 0.1) is 19.3 Å². The second-order valence-corrected chi connectivity index (χ2v) is 7.68. The molecule has 1 saturated carbocycles. The lowest BCUT2D eigenvalue weighted by molar-refractivity contribution is -0.127. The molecule has 5 nitrogen and oxygen atoms in total. The van der Waals surface area contributed by atoms with E-state index in [0.29, 0.717) is 12.2 Å². The lowest BCUT2D eigenvalue weighted by Gasteiger charge is -2.40. The number of hydrogen-bond donors (Lipinski definition) is 4. The summed E-state index contributed by atoms with van der Waals surface area (Å²) in [5.74, 6) is -0.277. The first-order chi connectivity index (χ1) is 13.5. The Hall–Kier alpha value is -1.92. The van der Waals surface area contributed by atoms with Crippen molar-refractivity contribution in [3.63, 3.8) is 0 Å². The normalized spacial score (nSPS) is 27.6. The summed E-state index contributed by atoms with van der Waals surface area (Å²) in [7, 11) is 1.58. The van der Waals surface area contributed by atoms with Crippen LogP contribution in [0.15, 0.2) is 42.5 Å². The molecule has 3 rings (SSSR count). The molecule has 0 spiro atoms. The molecule has 2 aromatic rings. The molecule has 5 atom stereocenters. The smallest absolute Gasteiger partial charge is 0.122 e. The average molecular weight is 386 g/mol. The molecular weight excluding hydrogens is 356 g/mol. The zero-order chi connectivity index (χ0) is 20.3. The van der Waals surface area contributed by atoms with Crippen LogP contribution in [0.4, 0.5) is 0 Å². The lowest BCUT2D eigenvalue weighted by Crippen LogP contribution is -2.51. The van der Waals surface area contributed by atoms with Crippen molar-refractivity contribution in [1.82, 2.24) is 0 Å². The molecule has 2 aromatic carbocycles. The summed E-state index contributed by atoms with van der Waals surface area (Å²) in [5, 5.41) is 40.5. The van der Waals surface area contributed by atoms with Gasteiger partial charge in [-0.15, -0.1) is 0 Å². The quantitative estimate of drug-likeness (QED) is 0.610. The zero-order valence-corrected chi connectivity index (χ0v) is 16.5. The van der Waals surface area contributed by atoms with E-state index in [1.165, 1.54) is 11.1 Å². The summed E-state index contributed by atoms with van der Waals surface area (Å²) in [5.41, 5.74) is 4.36. The van der Waals surface area contributed by atoms with Crippen LogP contribution in [0.1, 0.15) is 41.5 Å². The van der Waals surface area contributed by atoms with Gasteiger partial charge in [-0.05, 0) is 42.0 Å². The first-order valence-electron chi connectivity index (χ1n) is 9.88. The third-order valence-electron chi connectivity index (χ3n) is 5.92. The first kappa shape index (κ1) is 20.8. The SMILES string of the molecule is CCc1ccc(Cc2ccc(OC)c([C@@H]3C[C@H](CO)[C@@H](O)[C@H](O)[C@H]3O)c2)cc1. The predicted octanol–water partition coefficient (Wildman–Crippen LogP) is 2.03. The molecule has 0 radical (unpaired) electrons. The highest BCUT2D eigenvalue weighted by atomic mass is 16.5. The molecular formula is C23H30O5. The number of hydrogen-bond acceptors (Lipinski definition) is 5. The van der Waals surface area contributed by atoms with E-state index in [1.807, 2.05) is 18.2 Å². The molecule has 28 heavy (non-hydrogen) atoms. The van der Waals surface area contributed by atoms with Crippen molar-refractivity contribution in [2.75, 3.05) is 13.7 Å².